The fourth-order valence-corrected chi connectivity index (χ4v) is 3.67. The Morgan fingerprint density at radius 1 is 1.36 bits per heavy atom. The van der Waals surface area contributed by atoms with Gasteiger partial charge in [0, 0.05) is 18.9 Å². The van der Waals surface area contributed by atoms with E-state index in [2.05, 4.69) is 10.1 Å². The fraction of sp³-hybridized carbons (Fsp3) is 0.526. The van der Waals surface area contributed by atoms with Crippen molar-refractivity contribution in [1.29, 1.82) is 0 Å². The van der Waals surface area contributed by atoms with Crippen molar-refractivity contribution < 1.29 is 13.7 Å². The molecule has 5 nitrogen and oxygen atoms in total. The Bertz CT molecular complexity index is 776. The maximum absolute atomic E-state index is 15.1. The van der Waals surface area contributed by atoms with Gasteiger partial charge in [-0.05, 0) is 18.4 Å². The van der Waals surface area contributed by atoms with E-state index in [0.717, 1.165) is 12.8 Å². The first-order valence-corrected chi connectivity index (χ1v) is 8.89. The normalized spacial score (nSPS) is 28.6. The quantitative estimate of drug-likeness (QED) is 0.848. The van der Waals surface area contributed by atoms with Crippen LogP contribution in [0.25, 0.3) is 0 Å². The minimum atomic E-state index is -1.54. The van der Waals surface area contributed by atoms with Gasteiger partial charge in [0.1, 0.15) is 5.67 Å². The lowest BCUT2D eigenvalue weighted by Gasteiger charge is -2.23. The first-order valence-electron chi connectivity index (χ1n) is 8.89. The van der Waals surface area contributed by atoms with Crippen LogP contribution in [0.15, 0.2) is 34.9 Å². The summed E-state index contributed by atoms with van der Waals surface area (Å²) in [5.74, 6) is 0.521. The van der Waals surface area contributed by atoms with Gasteiger partial charge in [0.2, 0.25) is 11.8 Å². The highest BCUT2D eigenvalue weighted by Gasteiger charge is 2.62. The highest BCUT2D eigenvalue weighted by Crippen LogP contribution is 2.57. The summed E-state index contributed by atoms with van der Waals surface area (Å²) in [4.78, 5) is 19.1. The van der Waals surface area contributed by atoms with Gasteiger partial charge in [0.15, 0.2) is 5.82 Å². The monoisotopic (exact) mass is 343 g/mol. The summed E-state index contributed by atoms with van der Waals surface area (Å²) < 4.78 is 20.4. The first-order chi connectivity index (χ1) is 12.0. The molecule has 2 aliphatic rings. The molecule has 1 amide bonds. The summed E-state index contributed by atoms with van der Waals surface area (Å²) in [6, 6.07) is 8.77. The van der Waals surface area contributed by atoms with Crippen LogP contribution in [0.1, 0.15) is 62.3 Å². The molecule has 132 valence electrons. The van der Waals surface area contributed by atoms with Crippen LogP contribution >= 0.6 is 0 Å². The van der Waals surface area contributed by atoms with E-state index in [1.807, 2.05) is 32.0 Å². The van der Waals surface area contributed by atoms with Crippen molar-refractivity contribution in [3.05, 3.63) is 47.6 Å². The van der Waals surface area contributed by atoms with Gasteiger partial charge in [-0.2, -0.15) is 4.98 Å². The predicted molar refractivity (Wildman–Crippen MR) is 89.4 cm³/mol. The van der Waals surface area contributed by atoms with Gasteiger partial charge in [-0.25, -0.2) is 4.39 Å². The summed E-state index contributed by atoms with van der Waals surface area (Å²) >= 11 is 0. The molecule has 2 fully saturated rings. The Morgan fingerprint density at radius 3 is 2.80 bits per heavy atom. The largest absolute Gasteiger partial charge is 0.339 e. The molecule has 0 N–H and O–H groups in total. The van der Waals surface area contributed by atoms with Crippen molar-refractivity contribution in [3.63, 3.8) is 0 Å². The van der Waals surface area contributed by atoms with E-state index in [9.17, 15) is 4.79 Å². The van der Waals surface area contributed by atoms with Gasteiger partial charge in [-0.1, -0.05) is 49.3 Å². The SMILES string of the molecule is CC(C)c1nc([C@@H]2CCCN2C(=O)[C@@H]2C[C@]2(F)c2ccccc2)no1. The van der Waals surface area contributed by atoms with Crippen LogP contribution in [-0.2, 0) is 10.5 Å². The van der Waals surface area contributed by atoms with E-state index in [-0.39, 0.29) is 24.3 Å². The molecule has 1 aromatic carbocycles. The maximum atomic E-state index is 15.1. The second-order valence-corrected chi connectivity index (χ2v) is 7.32. The molecule has 0 unspecified atom stereocenters. The number of aromatic nitrogens is 2. The number of amides is 1. The van der Waals surface area contributed by atoms with E-state index in [0.29, 0.717) is 23.8 Å². The topological polar surface area (TPSA) is 59.2 Å². The number of likely N-dealkylation sites (tertiary alicyclic amines) is 1. The van der Waals surface area contributed by atoms with E-state index in [1.165, 1.54) is 0 Å². The number of carbonyl (C=O) groups is 1. The third-order valence-electron chi connectivity index (χ3n) is 5.23. The molecule has 6 heteroatoms. The Morgan fingerprint density at radius 2 is 2.12 bits per heavy atom. The van der Waals surface area contributed by atoms with Gasteiger partial charge in [0.05, 0.1) is 12.0 Å². The zero-order valence-electron chi connectivity index (χ0n) is 14.5. The molecule has 4 rings (SSSR count). The summed E-state index contributed by atoms with van der Waals surface area (Å²) in [5, 5.41) is 4.05. The lowest BCUT2D eigenvalue weighted by molar-refractivity contribution is -0.134. The number of hydrogen-bond donors (Lipinski definition) is 0. The van der Waals surface area contributed by atoms with Crippen molar-refractivity contribution in [2.45, 2.75) is 50.7 Å². The third kappa shape index (κ3) is 2.73. The van der Waals surface area contributed by atoms with Gasteiger partial charge in [0.25, 0.3) is 0 Å². The van der Waals surface area contributed by atoms with E-state index in [4.69, 9.17) is 4.52 Å². The van der Waals surface area contributed by atoms with Gasteiger partial charge >= 0.3 is 0 Å². The molecule has 1 aliphatic heterocycles. The number of rotatable bonds is 4. The van der Waals surface area contributed by atoms with Crippen LogP contribution in [0.2, 0.25) is 0 Å². The van der Waals surface area contributed by atoms with Gasteiger partial charge in [-0.15, -0.1) is 0 Å². The molecule has 0 bridgehead atoms. The lowest BCUT2D eigenvalue weighted by Crippen LogP contribution is -2.34. The molecule has 1 aromatic heterocycles. The predicted octanol–water partition coefficient (Wildman–Crippen LogP) is 3.74. The van der Waals surface area contributed by atoms with Crippen molar-refractivity contribution in [2.75, 3.05) is 6.54 Å². The lowest BCUT2D eigenvalue weighted by atomic mass is 10.1. The molecular formula is C19H22FN3O2. The molecule has 1 aliphatic carbocycles. The molecule has 0 spiro atoms. The Labute approximate surface area is 146 Å². The number of halogens is 1. The molecule has 1 saturated heterocycles. The average Bonchev–Trinajstić information content (AvgIpc) is 3.01. The minimum Gasteiger partial charge on any atom is -0.339 e. The second kappa shape index (κ2) is 5.93. The summed E-state index contributed by atoms with van der Waals surface area (Å²) in [5.41, 5.74) is -0.947. The number of benzene rings is 1. The fourth-order valence-electron chi connectivity index (χ4n) is 3.67. The molecule has 3 atom stereocenters. The molecule has 2 heterocycles. The van der Waals surface area contributed by atoms with Crippen molar-refractivity contribution in [2.24, 2.45) is 5.92 Å². The molecule has 25 heavy (non-hydrogen) atoms. The number of carbonyl (C=O) groups excluding carboxylic acids is 1. The zero-order valence-corrected chi connectivity index (χ0v) is 14.5. The number of hydrogen-bond acceptors (Lipinski definition) is 4. The summed E-state index contributed by atoms with van der Waals surface area (Å²) in [7, 11) is 0. The van der Waals surface area contributed by atoms with Crippen LogP contribution in [-0.4, -0.2) is 27.5 Å². The number of alkyl halides is 1. The first kappa shape index (κ1) is 16.2. The number of nitrogens with zero attached hydrogens (tertiary/aromatic N) is 3. The second-order valence-electron chi connectivity index (χ2n) is 7.32. The van der Waals surface area contributed by atoms with Crippen molar-refractivity contribution in [1.82, 2.24) is 15.0 Å². The van der Waals surface area contributed by atoms with Crippen LogP contribution in [0.3, 0.4) is 0 Å². The molecule has 1 saturated carbocycles. The Balaban J connectivity index is 1.52. The highest BCUT2D eigenvalue weighted by atomic mass is 19.1. The Kier molecular flexibility index (Phi) is 3.85. The van der Waals surface area contributed by atoms with E-state index >= 15 is 4.39 Å². The molecule has 2 aromatic rings. The smallest absolute Gasteiger partial charge is 0.230 e. The summed E-state index contributed by atoms with van der Waals surface area (Å²) in [6.07, 6.45) is 1.92. The average molecular weight is 343 g/mol. The van der Waals surface area contributed by atoms with Crippen molar-refractivity contribution in [3.8, 4) is 0 Å². The van der Waals surface area contributed by atoms with Crippen LogP contribution < -0.4 is 0 Å². The van der Waals surface area contributed by atoms with Crippen molar-refractivity contribution >= 4 is 5.91 Å². The van der Waals surface area contributed by atoms with Crippen LogP contribution in [0.4, 0.5) is 4.39 Å². The van der Waals surface area contributed by atoms with Crippen LogP contribution in [0.5, 0.6) is 0 Å². The standard InChI is InChI=1S/C19H22FN3O2/c1-12(2)17-21-16(22-25-17)15-9-6-10-23(15)18(24)14-11-19(14,20)13-7-4-3-5-8-13/h3-5,7-8,12,14-15H,6,9-11H2,1-2H3/t14-,15-,19-/m0/s1. The van der Waals surface area contributed by atoms with E-state index in [1.54, 1.807) is 17.0 Å². The maximum Gasteiger partial charge on any atom is 0.230 e. The Hall–Kier alpha value is -2.24. The zero-order chi connectivity index (χ0) is 17.6. The van der Waals surface area contributed by atoms with Gasteiger partial charge < -0.3 is 9.42 Å². The third-order valence-corrected chi connectivity index (χ3v) is 5.23. The molecular weight excluding hydrogens is 321 g/mol. The highest BCUT2D eigenvalue weighted by molar-refractivity contribution is 5.84. The van der Waals surface area contributed by atoms with Gasteiger partial charge in [-0.3, -0.25) is 4.79 Å². The summed E-state index contributed by atoms with van der Waals surface area (Å²) in [6.45, 7) is 4.59. The minimum absolute atomic E-state index is 0.134. The molecule has 0 radical (unpaired) electrons. The van der Waals surface area contributed by atoms with E-state index < -0.39 is 11.6 Å². The van der Waals surface area contributed by atoms with Crippen LogP contribution in [0, 0.1) is 5.92 Å².